The summed E-state index contributed by atoms with van der Waals surface area (Å²) in [7, 11) is 1.45. The normalized spacial score (nSPS) is 21.6. The fourth-order valence-electron chi connectivity index (χ4n) is 2.47. The number of aliphatic carboxylic acids is 1. The molecule has 0 spiro atoms. The van der Waals surface area contributed by atoms with Gasteiger partial charge in [-0.25, -0.2) is 4.39 Å². The van der Waals surface area contributed by atoms with E-state index >= 15 is 0 Å². The van der Waals surface area contributed by atoms with Crippen molar-refractivity contribution in [1.82, 2.24) is 4.90 Å². The van der Waals surface area contributed by atoms with E-state index in [1.807, 2.05) is 0 Å². The van der Waals surface area contributed by atoms with Crippen molar-refractivity contribution in [3.8, 4) is 0 Å². The predicted molar refractivity (Wildman–Crippen MR) is 73.4 cm³/mol. The van der Waals surface area contributed by atoms with Gasteiger partial charge >= 0.3 is 5.97 Å². The number of rotatable bonds is 4. The maximum absolute atomic E-state index is 13.5. The molecule has 1 fully saturated rings. The van der Waals surface area contributed by atoms with Crippen LogP contribution in [0.1, 0.15) is 29.3 Å². The topological polar surface area (TPSA) is 66.8 Å². The molecule has 1 unspecified atom stereocenters. The molecule has 1 N–H and O–H groups in total. The summed E-state index contributed by atoms with van der Waals surface area (Å²) in [4.78, 5) is 25.1. The van der Waals surface area contributed by atoms with Gasteiger partial charge in [0.2, 0.25) is 0 Å². The van der Waals surface area contributed by atoms with Crippen LogP contribution >= 0.6 is 0 Å². The smallest absolute Gasteiger partial charge is 0.311 e. The quantitative estimate of drug-likeness (QED) is 0.921. The summed E-state index contributed by atoms with van der Waals surface area (Å²) in [6.07, 6.45) is 0.417. The highest BCUT2D eigenvalue weighted by Crippen LogP contribution is 2.31. The minimum Gasteiger partial charge on any atom is -0.481 e. The Morgan fingerprint density at radius 3 is 2.76 bits per heavy atom. The fourth-order valence-corrected chi connectivity index (χ4v) is 2.47. The molecule has 1 aromatic rings. The number of carboxylic acid groups (broad SMARTS) is 1. The second kappa shape index (κ2) is 5.81. The van der Waals surface area contributed by atoms with E-state index in [0.717, 1.165) is 0 Å². The van der Waals surface area contributed by atoms with Gasteiger partial charge in [0, 0.05) is 31.3 Å². The van der Waals surface area contributed by atoms with Gasteiger partial charge in [-0.3, -0.25) is 9.59 Å². The van der Waals surface area contributed by atoms with Crippen LogP contribution in [-0.2, 0) is 16.1 Å². The first-order valence-electron chi connectivity index (χ1n) is 6.67. The number of carbonyl (C=O) groups is 2. The number of nitrogens with zero attached hydrogens (tertiary/aromatic N) is 1. The van der Waals surface area contributed by atoms with Crippen molar-refractivity contribution in [3.63, 3.8) is 0 Å². The van der Waals surface area contributed by atoms with Crippen LogP contribution in [0.3, 0.4) is 0 Å². The Bertz CT molecular complexity index is 575. The SMILES string of the molecule is COCc1cc(C(=O)N2CCC(C)(C(=O)O)C2)ccc1F. The maximum Gasteiger partial charge on any atom is 0.311 e. The molecule has 0 aromatic heterocycles. The van der Waals surface area contributed by atoms with Crippen LogP contribution in [0, 0.1) is 11.2 Å². The Morgan fingerprint density at radius 2 is 2.19 bits per heavy atom. The molecule has 0 saturated carbocycles. The average Bonchev–Trinajstić information content (AvgIpc) is 2.85. The van der Waals surface area contributed by atoms with Gasteiger partial charge < -0.3 is 14.7 Å². The largest absolute Gasteiger partial charge is 0.481 e. The molecular weight excluding hydrogens is 277 g/mol. The standard InChI is InChI=1S/C15H18FNO4/c1-15(14(19)20)5-6-17(9-15)13(18)10-3-4-12(16)11(7-10)8-21-2/h3-4,7H,5-6,8-9H2,1-2H3,(H,19,20). The van der Waals surface area contributed by atoms with Gasteiger partial charge in [-0.15, -0.1) is 0 Å². The number of amides is 1. The molecule has 1 saturated heterocycles. The molecule has 21 heavy (non-hydrogen) atoms. The first-order valence-corrected chi connectivity index (χ1v) is 6.67. The number of benzene rings is 1. The lowest BCUT2D eigenvalue weighted by Crippen LogP contribution is -2.34. The summed E-state index contributed by atoms with van der Waals surface area (Å²) < 4.78 is 18.4. The lowest BCUT2D eigenvalue weighted by Gasteiger charge is -2.20. The first-order chi connectivity index (χ1) is 9.87. The van der Waals surface area contributed by atoms with Crippen LogP contribution in [0.15, 0.2) is 18.2 Å². The van der Waals surface area contributed by atoms with E-state index in [4.69, 9.17) is 4.74 Å². The molecule has 114 valence electrons. The lowest BCUT2D eigenvalue weighted by atomic mass is 9.90. The van der Waals surface area contributed by atoms with Crippen LogP contribution in [0.25, 0.3) is 0 Å². The third-order valence-electron chi connectivity index (χ3n) is 3.87. The fraction of sp³-hybridized carbons (Fsp3) is 0.467. The maximum atomic E-state index is 13.5. The minimum absolute atomic E-state index is 0.0831. The zero-order valence-corrected chi connectivity index (χ0v) is 12.1. The summed E-state index contributed by atoms with van der Waals surface area (Å²) in [6.45, 7) is 2.26. The van der Waals surface area contributed by atoms with Gasteiger partial charge in [0.1, 0.15) is 5.82 Å². The van der Waals surface area contributed by atoms with Crippen molar-refractivity contribution in [2.24, 2.45) is 5.41 Å². The molecular formula is C15H18FNO4. The third-order valence-corrected chi connectivity index (χ3v) is 3.87. The lowest BCUT2D eigenvalue weighted by molar-refractivity contribution is -0.147. The van der Waals surface area contributed by atoms with E-state index in [9.17, 15) is 19.1 Å². The minimum atomic E-state index is -0.912. The van der Waals surface area contributed by atoms with E-state index in [0.29, 0.717) is 24.1 Å². The summed E-state index contributed by atoms with van der Waals surface area (Å²) in [5.74, 6) is -1.61. The Labute approximate surface area is 122 Å². The van der Waals surface area contributed by atoms with Crippen molar-refractivity contribution in [2.75, 3.05) is 20.2 Å². The molecule has 1 aliphatic heterocycles. The van der Waals surface area contributed by atoms with Gasteiger partial charge in [0.15, 0.2) is 0 Å². The highest BCUT2D eigenvalue weighted by Gasteiger charge is 2.42. The van der Waals surface area contributed by atoms with Gasteiger partial charge in [-0.1, -0.05) is 0 Å². The predicted octanol–water partition coefficient (Wildman–Crippen LogP) is 1.91. The van der Waals surface area contributed by atoms with Gasteiger partial charge in [0.25, 0.3) is 5.91 Å². The van der Waals surface area contributed by atoms with E-state index in [1.165, 1.54) is 30.2 Å². The first kappa shape index (κ1) is 15.4. The Balaban J connectivity index is 2.18. The number of ether oxygens (including phenoxy) is 1. The van der Waals surface area contributed by atoms with Crippen molar-refractivity contribution in [2.45, 2.75) is 20.0 Å². The molecule has 1 aliphatic rings. The van der Waals surface area contributed by atoms with E-state index in [1.54, 1.807) is 6.92 Å². The molecule has 1 heterocycles. The van der Waals surface area contributed by atoms with Crippen molar-refractivity contribution in [1.29, 1.82) is 0 Å². The second-order valence-corrected chi connectivity index (χ2v) is 5.58. The van der Waals surface area contributed by atoms with Crippen molar-refractivity contribution in [3.05, 3.63) is 35.1 Å². The average molecular weight is 295 g/mol. The van der Waals surface area contributed by atoms with Crippen LogP contribution in [0.5, 0.6) is 0 Å². The van der Waals surface area contributed by atoms with Gasteiger partial charge in [-0.05, 0) is 31.5 Å². The number of hydrogen-bond acceptors (Lipinski definition) is 3. The zero-order chi connectivity index (χ0) is 15.6. The van der Waals surface area contributed by atoms with E-state index in [2.05, 4.69) is 0 Å². The third kappa shape index (κ3) is 3.05. The van der Waals surface area contributed by atoms with Crippen LogP contribution in [-0.4, -0.2) is 42.1 Å². The van der Waals surface area contributed by atoms with Crippen molar-refractivity contribution >= 4 is 11.9 Å². The molecule has 1 atom stereocenters. The molecule has 6 heteroatoms. The summed E-state index contributed by atoms with van der Waals surface area (Å²) in [5, 5.41) is 9.19. The van der Waals surface area contributed by atoms with Crippen molar-refractivity contribution < 1.29 is 23.8 Å². The molecule has 2 rings (SSSR count). The molecule has 1 aromatic carbocycles. The Kier molecular flexibility index (Phi) is 4.27. The van der Waals surface area contributed by atoms with Crippen LogP contribution in [0.4, 0.5) is 4.39 Å². The number of carboxylic acids is 1. The van der Waals surface area contributed by atoms with E-state index < -0.39 is 17.2 Å². The Morgan fingerprint density at radius 1 is 1.48 bits per heavy atom. The van der Waals surface area contributed by atoms with E-state index in [-0.39, 0.29) is 19.1 Å². The van der Waals surface area contributed by atoms with Crippen LogP contribution in [0.2, 0.25) is 0 Å². The molecule has 5 nitrogen and oxygen atoms in total. The monoisotopic (exact) mass is 295 g/mol. The van der Waals surface area contributed by atoms with Crippen LogP contribution < -0.4 is 0 Å². The molecule has 1 amide bonds. The number of methoxy groups -OCH3 is 1. The second-order valence-electron chi connectivity index (χ2n) is 5.58. The van der Waals surface area contributed by atoms with Gasteiger partial charge in [0.05, 0.1) is 12.0 Å². The summed E-state index contributed by atoms with van der Waals surface area (Å²) in [6, 6.07) is 4.10. The van der Waals surface area contributed by atoms with Gasteiger partial charge in [-0.2, -0.15) is 0 Å². The summed E-state index contributed by atoms with van der Waals surface area (Å²) >= 11 is 0. The highest BCUT2D eigenvalue weighted by molar-refractivity contribution is 5.95. The highest BCUT2D eigenvalue weighted by atomic mass is 19.1. The summed E-state index contributed by atoms with van der Waals surface area (Å²) in [5.41, 5.74) is -0.257. The number of hydrogen-bond donors (Lipinski definition) is 1. The molecule has 0 bridgehead atoms. The Hall–Kier alpha value is -1.95. The number of carbonyl (C=O) groups excluding carboxylic acids is 1. The number of halogens is 1. The molecule has 0 radical (unpaired) electrons. The zero-order valence-electron chi connectivity index (χ0n) is 12.1. The molecule has 0 aliphatic carbocycles. The number of likely N-dealkylation sites (tertiary alicyclic amines) is 1.